The lowest BCUT2D eigenvalue weighted by molar-refractivity contribution is -0.142. The van der Waals surface area contributed by atoms with Gasteiger partial charge in [-0.25, -0.2) is 4.68 Å². The molecule has 1 aromatic heterocycles. The Morgan fingerprint density at radius 2 is 2.33 bits per heavy atom. The van der Waals surface area contributed by atoms with E-state index in [4.69, 9.17) is 5.11 Å². The van der Waals surface area contributed by atoms with Crippen molar-refractivity contribution in [3.05, 3.63) is 27.7 Å². The second-order valence-corrected chi connectivity index (χ2v) is 5.31. The van der Waals surface area contributed by atoms with Crippen LogP contribution in [0.25, 0.3) is 0 Å². The van der Waals surface area contributed by atoms with Crippen molar-refractivity contribution in [1.82, 2.24) is 9.78 Å². The summed E-state index contributed by atoms with van der Waals surface area (Å²) in [7, 11) is 0. The summed E-state index contributed by atoms with van der Waals surface area (Å²) in [6, 6.07) is 1.56. The molecule has 1 aliphatic rings. The molecule has 0 saturated carbocycles. The highest BCUT2D eigenvalue weighted by atomic mass is 16.4. The number of aliphatic carboxylic acids is 1. The summed E-state index contributed by atoms with van der Waals surface area (Å²) in [4.78, 5) is 22.8. The summed E-state index contributed by atoms with van der Waals surface area (Å²) in [6.45, 7) is 4.68. The second kappa shape index (κ2) is 4.92. The highest BCUT2D eigenvalue weighted by Crippen LogP contribution is 2.23. The zero-order valence-corrected chi connectivity index (χ0v) is 10.7. The molecule has 0 aromatic carbocycles. The summed E-state index contributed by atoms with van der Waals surface area (Å²) in [5, 5.41) is 13.4. The van der Waals surface area contributed by atoms with Gasteiger partial charge in [0.1, 0.15) is 0 Å². The van der Waals surface area contributed by atoms with E-state index in [0.29, 0.717) is 31.7 Å². The van der Waals surface area contributed by atoms with Crippen LogP contribution in [0.1, 0.15) is 31.5 Å². The Bertz CT molecular complexity index is 519. The maximum absolute atomic E-state index is 11.9. The van der Waals surface area contributed by atoms with Crippen molar-refractivity contribution >= 4 is 5.97 Å². The van der Waals surface area contributed by atoms with Crippen LogP contribution >= 0.6 is 0 Å². The molecule has 1 aliphatic carbocycles. The molecule has 18 heavy (non-hydrogen) atoms. The first-order chi connectivity index (χ1) is 8.47. The predicted molar refractivity (Wildman–Crippen MR) is 66.5 cm³/mol. The van der Waals surface area contributed by atoms with Crippen LogP contribution in [-0.2, 0) is 24.2 Å². The van der Waals surface area contributed by atoms with Crippen LogP contribution < -0.4 is 5.56 Å². The Labute approximate surface area is 105 Å². The molecule has 1 heterocycles. The SMILES string of the molecule is CC(C)Cn1nc2c(cc1=O)C[C@H](C(=O)O)CC2. The lowest BCUT2D eigenvalue weighted by atomic mass is 9.87. The first-order valence-electron chi connectivity index (χ1n) is 6.30. The lowest BCUT2D eigenvalue weighted by Gasteiger charge is -2.21. The number of nitrogens with zero attached hydrogens (tertiary/aromatic N) is 2. The molecule has 1 atom stereocenters. The predicted octanol–water partition coefficient (Wildman–Crippen LogP) is 1.09. The molecule has 0 spiro atoms. The Hall–Kier alpha value is -1.65. The Balaban J connectivity index is 2.30. The standard InChI is InChI=1S/C13H18N2O3/c1-8(2)7-15-12(16)6-10-5-9(13(17)18)3-4-11(10)14-15/h6,8-9H,3-5,7H2,1-2H3,(H,17,18)/t9-/m1/s1. The van der Waals surface area contributed by atoms with Gasteiger partial charge in [0.15, 0.2) is 0 Å². The van der Waals surface area contributed by atoms with Gasteiger partial charge in [0.25, 0.3) is 5.56 Å². The first kappa shape index (κ1) is 12.8. The molecule has 5 heteroatoms. The summed E-state index contributed by atoms with van der Waals surface area (Å²) in [5.41, 5.74) is 1.56. The Morgan fingerprint density at radius 3 is 2.94 bits per heavy atom. The van der Waals surface area contributed by atoms with Crippen molar-refractivity contribution in [1.29, 1.82) is 0 Å². The minimum atomic E-state index is -0.785. The fourth-order valence-electron chi connectivity index (χ4n) is 2.32. The molecule has 0 radical (unpaired) electrons. The van der Waals surface area contributed by atoms with Gasteiger partial charge in [0.05, 0.1) is 11.6 Å². The van der Waals surface area contributed by atoms with Gasteiger partial charge in [-0.3, -0.25) is 9.59 Å². The number of carboxylic acid groups (broad SMARTS) is 1. The molecule has 2 rings (SSSR count). The van der Waals surface area contributed by atoms with E-state index in [2.05, 4.69) is 5.10 Å². The van der Waals surface area contributed by atoms with E-state index in [9.17, 15) is 9.59 Å². The average Bonchev–Trinajstić information content (AvgIpc) is 2.28. The highest BCUT2D eigenvalue weighted by Gasteiger charge is 2.25. The van der Waals surface area contributed by atoms with Crippen molar-refractivity contribution in [3.8, 4) is 0 Å². The maximum atomic E-state index is 11.9. The highest BCUT2D eigenvalue weighted by molar-refractivity contribution is 5.70. The third-order valence-corrected chi connectivity index (χ3v) is 3.25. The molecule has 1 aromatic rings. The van der Waals surface area contributed by atoms with E-state index in [1.54, 1.807) is 6.07 Å². The van der Waals surface area contributed by atoms with E-state index in [1.807, 2.05) is 13.8 Å². The van der Waals surface area contributed by atoms with Gasteiger partial charge in [-0.15, -0.1) is 0 Å². The van der Waals surface area contributed by atoms with Crippen molar-refractivity contribution in [3.63, 3.8) is 0 Å². The van der Waals surface area contributed by atoms with E-state index in [1.165, 1.54) is 4.68 Å². The van der Waals surface area contributed by atoms with Crippen molar-refractivity contribution < 1.29 is 9.90 Å². The van der Waals surface area contributed by atoms with Gasteiger partial charge < -0.3 is 5.11 Å². The van der Waals surface area contributed by atoms with Gasteiger partial charge in [0, 0.05) is 12.6 Å². The van der Waals surface area contributed by atoms with Crippen LogP contribution in [0.2, 0.25) is 0 Å². The molecule has 5 nitrogen and oxygen atoms in total. The van der Waals surface area contributed by atoms with E-state index in [-0.39, 0.29) is 11.5 Å². The lowest BCUT2D eigenvalue weighted by Crippen LogP contribution is -2.31. The quantitative estimate of drug-likeness (QED) is 0.871. The molecule has 0 fully saturated rings. The minimum absolute atomic E-state index is 0.131. The average molecular weight is 250 g/mol. The van der Waals surface area contributed by atoms with Gasteiger partial charge >= 0.3 is 5.97 Å². The molecule has 1 N–H and O–H groups in total. The zero-order valence-electron chi connectivity index (χ0n) is 10.7. The number of rotatable bonds is 3. The molecule has 0 unspecified atom stereocenters. The van der Waals surface area contributed by atoms with E-state index in [0.717, 1.165) is 11.3 Å². The molecule has 0 amide bonds. The summed E-state index contributed by atoms with van der Waals surface area (Å²) >= 11 is 0. The van der Waals surface area contributed by atoms with Crippen LogP contribution in [0.15, 0.2) is 10.9 Å². The number of carboxylic acids is 1. The van der Waals surface area contributed by atoms with Gasteiger partial charge in [-0.2, -0.15) is 5.10 Å². The first-order valence-corrected chi connectivity index (χ1v) is 6.30. The third kappa shape index (κ3) is 2.60. The number of aryl methyl sites for hydroxylation is 1. The summed E-state index contributed by atoms with van der Waals surface area (Å²) < 4.78 is 1.49. The van der Waals surface area contributed by atoms with E-state index >= 15 is 0 Å². The summed E-state index contributed by atoms with van der Waals surface area (Å²) in [6.07, 6.45) is 1.68. The fraction of sp³-hybridized carbons (Fsp3) is 0.615. The van der Waals surface area contributed by atoms with Crippen LogP contribution in [0, 0.1) is 11.8 Å². The third-order valence-electron chi connectivity index (χ3n) is 3.25. The van der Waals surface area contributed by atoms with Crippen molar-refractivity contribution in [2.24, 2.45) is 11.8 Å². The monoisotopic (exact) mass is 250 g/mol. The van der Waals surface area contributed by atoms with Crippen molar-refractivity contribution in [2.45, 2.75) is 39.7 Å². The molecule has 0 bridgehead atoms. The van der Waals surface area contributed by atoms with Crippen LogP contribution in [0.3, 0.4) is 0 Å². The minimum Gasteiger partial charge on any atom is -0.481 e. The molecular formula is C13H18N2O3. The number of fused-ring (bicyclic) bond motifs is 1. The van der Waals surface area contributed by atoms with Gasteiger partial charge in [-0.05, 0) is 30.7 Å². The Kier molecular flexibility index (Phi) is 3.50. The second-order valence-electron chi connectivity index (χ2n) is 5.31. The zero-order chi connectivity index (χ0) is 13.3. The van der Waals surface area contributed by atoms with Crippen LogP contribution in [-0.4, -0.2) is 20.9 Å². The normalized spacial score (nSPS) is 18.7. The van der Waals surface area contributed by atoms with Gasteiger partial charge in [0.2, 0.25) is 0 Å². The molecule has 0 saturated heterocycles. The number of aromatic nitrogens is 2. The largest absolute Gasteiger partial charge is 0.481 e. The molecular weight excluding hydrogens is 232 g/mol. The Morgan fingerprint density at radius 1 is 1.61 bits per heavy atom. The number of carbonyl (C=O) groups is 1. The summed E-state index contributed by atoms with van der Waals surface area (Å²) in [5.74, 6) is -0.796. The number of hydrogen-bond acceptors (Lipinski definition) is 3. The fourth-order valence-corrected chi connectivity index (χ4v) is 2.32. The number of hydrogen-bond donors (Lipinski definition) is 1. The van der Waals surface area contributed by atoms with Crippen LogP contribution in [0.4, 0.5) is 0 Å². The molecule has 98 valence electrons. The smallest absolute Gasteiger partial charge is 0.306 e. The van der Waals surface area contributed by atoms with Gasteiger partial charge in [-0.1, -0.05) is 13.8 Å². The van der Waals surface area contributed by atoms with Crippen molar-refractivity contribution in [2.75, 3.05) is 0 Å². The maximum Gasteiger partial charge on any atom is 0.306 e. The molecule has 0 aliphatic heterocycles. The van der Waals surface area contributed by atoms with E-state index < -0.39 is 5.97 Å². The topological polar surface area (TPSA) is 72.2 Å². The van der Waals surface area contributed by atoms with Crippen LogP contribution in [0.5, 0.6) is 0 Å².